The van der Waals surface area contributed by atoms with Crippen molar-refractivity contribution in [2.75, 3.05) is 0 Å². The molecule has 0 spiro atoms. The van der Waals surface area contributed by atoms with E-state index in [9.17, 15) is 4.79 Å². The highest BCUT2D eigenvalue weighted by atomic mass is 16.1. The van der Waals surface area contributed by atoms with Gasteiger partial charge in [-0.1, -0.05) is 13.3 Å². The Hall–Kier alpha value is -1.25. The molecule has 82 valence electrons. The summed E-state index contributed by atoms with van der Waals surface area (Å²) in [6.07, 6.45) is 3.27. The summed E-state index contributed by atoms with van der Waals surface area (Å²) >= 11 is 0. The summed E-state index contributed by atoms with van der Waals surface area (Å²) in [5, 5.41) is 0. The zero-order chi connectivity index (χ0) is 11.3. The van der Waals surface area contributed by atoms with Crippen molar-refractivity contribution in [2.45, 2.75) is 46.5 Å². The molecule has 0 fully saturated rings. The average molecular weight is 206 g/mol. The van der Waals surface area contributed by atoms with Gasteiger partial charge in [0, 0.05) is 24.2 Å². The van der Waals surface area contributed by atoms with Crippen molar-refractivity contribution in [3.05, 3.63) is 23.3 Å². The topological polar surface area (TPSA) is 42.9 Å². The zero-order valence-electron chi connectivity index (χ0n) is 9.71. The smallest absolute Gasteiger partial charge is 0.130 e. The maximum Gasteiger partial charge on any atom is 0.130 e. The summed E-state index contributed by atoms with van der Waals surface area (Å²) < 4.78 is 0. The molecule has 0 N–H and O–H groups in total. The number of Topliss-reactive ketones (excluding diaryl/α,β-unsaturated/α-hetero) is 1. The molecule has 3 heteroatoms. The standard InChI is InChI=1S/C12H18N2O/c1-4-5-11-8-9(2)13-12(14-11)7-6-10(3)15/h8H,4-7H2,1-3H3. The quantitative estimate of drug-likeness (QED) is 0.742. The first-order valence-electron chi connectivity index (χ1n) is 5.44. The number of carbonyl (C=O) groups is 1. The Morgan fingerprint density at radius 2 is 2.07 bits per heavy atom. The predicted octanol–water partition coefficient (Wildman–Crippen LogP) is 2.26. The molecule has 0 saturated carbocycles. The van der Waals surface area contributed by atoms with Gasteiger partial charge < -0.3 is 4.79 Å². The third kappa shape index (κ3) is 4.19. The molecule has 0 saturated heterocycles. The van der Waals surface area contributed by atoms with Crippen LogP contribution in [0.4, 0.5) is 0 Å². The molecule has 1 aromatic heterocycles. The number of hydrogen-bond acceptors (Lipinski definition) is 3. The Labute approximate surface area is 91.0 Å². The summed E-state index contributed by atoms with van der Waals surface area (Å²) in [6.45, 7) is 5.70. The lowest BCUT2D eigenvalue weighted by atomic mass is 10.2. The molecule has 0 aliphatic rings. The largest absolute Gasteiger partial charge is 0.300 e. The van der Waals surface area contributed by atoms with E-state index < -0.39 is 0 Å². The third-order valence-corrected chi connectivity index (χ3v) is 2.16. The molecule has 3 nitrogen and oxygen atoms in total. The van der Waals surface area contributed by atoms with Crippen LogP contribution in [0, 0.1) is 6.92 Å². The van der Waals surface area contributed by atoms with Gasteiger partial charge in [-0.05, 0) is 26.3 Å². The number of aryl methyl sites for hydroxylation is 3. The van der Waals surface area contributed by atoms with Crippen molar-refractivity contribution in [3.8, 4) is 0 Å². The molecule has 0 bridgehead atoms. The minimum absolute atomic E-state index is 0.192. The van der Waals surface area contributed by atoms with E-state index in [0.29, 0.717) is 12.8 Å². The van der Waals surface area contributed by atoms with Gasteiger partial charge in [-0.2, -0.15) is 0 Å². The van der Waals surface area contributed by atoms with Gasteiger partial charge in [0.25, 0.3) is 0 Å². The van der Waals surface area contributed by atoms with Crippen LogP contribution in [-0.4, -0.2) is 15.8 Å². The third-order valence-electron chi connectivity index (χ3n) is 2.16. The maximum absolute atomic E-state index is 10.9. The molecule has 0 aliphatic carbocycles. The molecule has 0 unspecified atom stereocenters. The number of carbonyl (C=O) groups excluding carboxylic acids is 1. The van der Waals surface area contributed by atoms with Crippen molar-refractivity contribution in [1.82, 2.24) is 9.97 Å². The monoisotopic (exact) mass is 206 g/mol. The van der Waals surface area contributed by atoms with Crippen LogP contribution in [0.2, 0.25) is 0 Å². The van der Waals surface area contributed by atoms with E-state index in [1.807, 2.05) is 13.0 Å². The molecule has 0 amide bonds. The number of ketones is 1. The SMILES string of the molecule is CCCc1cc(C)nc(CCC(C)=O)n1. The van der Waals surface area contributed by atoms with Crippen LogP contribution < -0.4 is 0 Å². The van der Waals surface area contributed by atoms with E-state index in [4.69, 9.17) is 0 Å². The van der Waals surface area contributed by atoms with E-state index in [0.717, 1.165) is 30.1 Å². The Kier molecular flexibility index (Phi) is 4.40. The molecule has 0 radical (unpaired) electrons. The van der Waals surface area contributed by atoms with Crippen molar-refractivity contribution < 1.29 is 4.79 Å². The van der Waals surface area contributed by atoms with Crippen LogP contribution in [0.15, 0.2) is 6.07 Å². The number of aromatic nitrogens is 2. The first-order chi connectivity index (χ1) is 7.11. The minimum Gasteiger partial charge on any atom is -0.300 e. The molecule has 0 aromatic carbocycles. The summed E-state index contributed by atoms with van der Waals surface area (Å²) in [5.74, 6) is 0.991. The van der Waals surface area contributed by atoms with E-state index in [-0.39, 0.29) is 5.78 Å². The fraction of sp³-hybridized carbons (Fsp3) is 0.583. The summed E-state index contributed by atoms with van der Waals surface area (Å²) in [4.78, 5) is 19.6. The summed E-state index contributed by atoms with van der Waals surface area (Å²) in [5.41, 5.74) is 2.08. The Morgan fingerprint density at radius 3 is 2.67 bits per heavy atom. The lowest BCUT2D eigenvalue weighted by molar-refractivity contribution is -0.117. The van der Waals surface area contributed by atoms with E-state index >= 15 is 0 Å². The van der Waals surface area contributed by atoms with Crippen molar-refractivity contribution in [3.63, 3.8) is 0 Å². The van der Waals surface area contributed by atoms with Crippen LogP contribution >= 0.6 is 0 Å². The second-order valence-electron chi connectivity index (χ2n) is 3.87. The van der Waals surface area contributed by atoms with Gasteiger partial charge in [0.05, 0.1) is 0 Å². The lowest BCUT2D eigenvalue weighted by Gasteiger charge is -2.04. The molecule has 0 atom stereocenters. The number of hydrogen-bond donors (Lipinski definition) is 0. The molecular weight excluding hydrogens is 188 g/mol. The van der Waals surface area contributed by atoms with Crippen molar-refractivity contribution in [1.29, 1.82) is 0 Å². The van der Waals surface area contributed by atoms with E-state index in [1.54, 1.807) is 6.92 Å². The molecule has 15 heavy (non-hydrogen) atoms. The molecule has 1 heterocycles. The average Bonchev–Trinajstić information content (AvgIpc) is 2.14. The summed E-state index contributed by atoms with van der Waals surface area (Å²) in [7, 11) is 0. The molecular formula is C12H18N2O. The Morgan fingerprint density at radius 1 is 1.33 bits per heavy atom. The van der Waals surface area contributed by atoms with Crippen LogP contribution in [0.1, 0.15) is 43.9 Å². The van der Waals surface area contributed by atoms with Crippen LogP contribution in [0.5, 0.6) is 0 Å². The number of nitrogens with zero attached hydrogens (tertiary/aromatic N) is 2. The highest BCUT2D eigenvalue weighted by Gasteiger charge is 2.03. The second kappa shape index (κ2) is 5.59. The Bertz CT molecular complexity index is 347. The van der Waals surface area contributed by atoms with Gasteiger partial charge >= 0.3 is 0 Å². The van der Waals surface area contributed by atoms with Crippen LogP contribution in [0.3, 0.4) is 0 Å². The van der Waals surface area contributed by atoms with Crippen molar-refractivity contribution >= 4 is 5.78 Å². The Balaban J connectivity index is 2.74. The summed E-state index contributed by atoms with van der Waals surface area (Å²) in [6, 6.07) is 2.01. The highest BCUT2D eigenvalue weighted by Crippen LogP contribution is 2.05. The minimum atomic E-state index is 0.192. The molecule has 1 rings (SSSR count). The van der Waals surface area contributed by atoms with Gasteiger partial charge in [0.1, 0.15) is 11.6 Å². The first kappa shape index (κ1) is 11.8. The van der Waals surface area contributed by atoms with E-state index in [2.05, 4.69) is 16.9 Å². The molecule has 1 aromatic rings. The fourth-order valence-corrected chi connectivity index (χ4v) is 1.48. The van der Waals surface area contributed by atoms with Gasteiger partial charge in [-0.25, -0.2) is 9.97 Å². The highest BCUT2D eigenvalue weighted by molar-refractivity contribution is 5.75. The van der Waals surface area contributed by atoms with Crippen LogP contribution in [0.25, 0.3) is 0 Å². The second-order valence-corrected chi connectivity index (χ2v) is 3.87. The van der Waals surface area contributed by atoms with Gasteiger partial charge in [0.15, 0.2) is 0 Å². The van der Waals surface area contributed by atoms with Crippen molar-refractivity contribution in [2.24, 2.45) is 0 Å². The van der Waals surface area contributed by atoms with Gasteiger partial charge in [-0.15, -0.1) is 0 Å². The van der Waals surface area contributed by atoms with E-state index in [1.165, 1.54) is 0 Å². The van der Waals surface area contributed by atoms with Gasteiger partial charge in [0.2, 0.25) is 0 Å². The maximum atomic E-state index is 10.9. The normalized spacial score (nSPS) is 10.3. The predicted molar refractivity (Wildman–Crippen MR) is 59.8 cm³/mol. The van der Waals surface area contributed by atoms with Gasteiger partial charge in [-0.3, -0.25) is 0 Å². The van der Waals surface area contributed by atoms with Crippen LogP contribution in [-0.2, 0) is 17.6 Å². The first-order valence-corrected chi connectivity index (χ1v) is 5.44. The molecule has 0 aliphatic heterocycles. The lowest BCUT2D eigenvalue weighted by Crippen LogP contribution is -2.03. The fourth-order valence-electron chi connectivity index (χ4n) is 1.48. The zero-order valence-corrected chi connectivity index (χ0v) is 9.71. The number of rotatable bonds is 5.